The predicted molar refractivity (Wildman–Crippen MR) is 69.6 cm³/mol. The van der Waals surface area contributed by atoms with Crippen LogP contribution < -0.4 is 10.5 Å². The van der Waals surface area contributed by atoms with Gasteiger partial charge in [0.2, 0.25) is 10.0 Å². The smallest absolute Gasteiger partial charge is 0.242 e. The van der Waals surface area contributed by atoms with Crippen LogP contribution in [0.1, 0.15) is 6.42 Å². The Bertz CT molecular complexity index is 546. The number of anilines is 1. The van der Waals surface area contributed by atoms with E-state index in [9.17, 15) is 17.0 Å². The van der Waals surface area contributed by atoms with E-state index in [0.717, 1.165) is 18.2 Å². The highest BCUT2D eigenvalue weighted by Gasteiger charge is 2.17. The second-order valence-corrected chi connectivity index (χ2v) is 7.00. The molecule has 0 saturated heterocycles. The third kappa shape index (κ3) is 4.35. The standard InChI is InChI=1S/C10H15FN2O3S2/c1-17(14)6-2-5-13-18(15,16)10-4-3-8(11)7-9(10)12/h3-4,7,13H,2,5-6,12H2,1H3. The normalized spacial score (nSPS) is 13.4. The van der Waals surface area contributed by atoms with Crippen LogP contribution in [0.3, 0.4) is 0 Å². The first-order valence-corrected chi connectivity index (χ1v) is 8.38. The van der Waals surface area contributed by atoms with Crippen molar-refractivity contribution in [1.29, 1.82) is 0 Å². The SMILES string of the molecule is CS(=O)CCCNS(=O)(=O)c1ccc(F)cc1N. The summed E-state index contributed by atoms with van der Waals surface area (Å²) in [5.74, 6) is -0.172. The van der Waals surface area contributed by atoms with E-state index in [1.165, 1.54) is 0 Å². The third-order valence-electron chi connectivity index (χ3n) is 2.16. The van der Waals surface area contributed by atoms with Crippen molar-refractivity contribution in [3.05, 3.63) is 24.0 Å². The molecule has 0 fully saturated rings. The van der Waals surface area contributed by atoms with Crippen LogP contribution in [0.4, 0.5) is 10.1 Å². The summed E-state index contributed by atoms with van der Waals surface area (Å²) in [6.45, 7) is 0.165. The fraction of sp³-hybridized carbons (Fsp3) is 0.400. The van der Waals surface area contributed by atoms with Crippen LogP contribution in [0, 0.1) is 5.82 Å². The lowest BCUT2D eigenvalue weighted by Crippen LogP contribution is -2.26. The number of nitrogens with one attached hydrogen (secondary N) is 1. The molecule has 18 heavy (non-hydrogen) atoms. The van der Waals surface area contributed by atoms with Crippen LogP contribution in [0.5, 0.6) is 0 Å². The highest BCUT2D eigenvalue weighted by molar-refractivity contribution is 7.89. The Labute approximate surface area is 108 Å². The van der Waals surface area contributed by atoms with Gasteiger partial charge in [-0.05, 0) is 24.6 Å². The van der Waals surface area contributed by atoms with Crippen molar-refractivity contribution in [2.75, 3.05) is 24.3 Å². The van der Waals surface area contributed by atoms with Gasteiger partial charge >= 0.3 is 0 Å². The minimum atomic E-state index is -3.75. The van der Waals surface area contributed by atoms with Gasteiger partial charge in [0.15, 0.2) is 0 Å². The first-order valence-electron chi connectivity index (χ1n) is 5.17. The maximum atomic E-state index is 12.8. The molecule has 0 saturated carbocycles. The lowest BCUT2D eigenvalue weighted by molar-refractivity contribution is 0.580. The third-order valence-corrected chi connectivity index (χ3v) is 4.56. The number of nitrogens with two attached hydrogens (primary N) is 1. The molecule has 1 aromatic carbocycles. The molecule has 102 valence electrons. The van der Waals surface area contributed by atoms with E-state index >= 15 is 0 Å². The number of rotatable bonds is 6. The van der Waals surface area contributed by atoms with E-state index in [1.54, 1.807) is 6.26 Å². The molecule has 0 heterocycles. The molecule has 0 bridgehead atoms. The zero-order valence-electron chi connectivity index (χ0n) is 9.85. The van der Waals surface area contributed by atoms with Crippen molar-refractivity contribution in [1.82, 2.24) is 4.72 Å². The zero-order valence-corrected chi connectivity index (χ0v) is 11.5. The Morgan fingerprint density at radius 2 is 2.11 bits per heavy atom. The quantitative estimate of drug-likeness (QED) is 0.589. The lowest BCUT2D eigenvalue weighted by Gasteiger charge is -2.08. The summed E-state index contributed by atoms with van der Waals surface area (Å²) in [7, 11) is -4.70. The Balaban J connectivity index is 2.71. The van der Waals surface area contributed by atoms with E-state index in [2.05, 4.69) is 4.72 Å². The predicted octanol–water partition coefficient (Wildman–Crippen LogP) is 0.455. The second kappa shape index (κ2) is 6.26. The largest absolute Gasteiger partial charge is 0.398 e. The van der Waals surface area contributed by atoms with Crippen LogP contribution in [-0.2, 0) is 20.8 Å². The zero-order chi connectivity index (χ0) is 13.8. The van der Waals surface area contributed by atoms with Crippen LogP contribution in [0.25, 0.3) is 0 Å². The lowest BCUT2D eigenvalue weighted by atomic mass is 10.3. The van der Waals surface area contributed by atoms with Crippen LogP contribution in [0.2, 0.25) is 0 Å². The average molecular weight is 294 g/mol. The molecule has 0 aliphatic carbocycles. The molecule has 8 heteroatoms. The summed E-state index contributed by atoms with van der Waals surface area (Å²) in [5.41, 5.74) is 5.31. The number of hydrogen-bond donors (Lipinski definition) is 2. The van der Waals surface area contributed by atoms with Gasteiger partial charge in [-0.3, -0.25) is 4.21 Å². The van der Waals surface area contributed by atoms with Crippen molar-refractivity contribution >= 4 is 26.5 Å². The number of halogens is 1. The van der Waals surface area contributed by atoms with Gasteiger partial charge < -0.3 is 5.73 Å². The molecule has 1 unspecified atom stereocenters. The average Bonchev–Trinajstić information content (AvgIpc) is 2.23. The molecule has 0 radical (unpaired) electrons. The van der Waals surface area contributed by atoms with Gasteiger partial charge in [-0.15, -0.1) is 0 Å². The van der Waals surface area contributed by atoms with E-state index in [4.69, 9.17) is 5.73 Å². The summed E-state index contributed by atoms with van der Waals surface area (Å²) in [6, 6.07) is 3.10. The van der Waals surface area contributed by atoms with Crippen molar-refractivity contribution in [2.24, 2.45) is 0 Å². The molecule has 1 aromatic rings. The number of hydrogen-bond acceptors (Lipinski definition) is 4. The maximum Gasteiger partial charge on any atom is 0.242 e. The summed E-state index contributed by atoms with van der Waals surface area (Å²) < 4.78 is 49.6. The van der Waals surface area contributed by atoms with Gasteiger partial charge in [-0.1, -0.05) is 0 Å². The van der Waals surface area contributed by atoms with Gasteiger partial charge in [-0.25, -0.2) is 17.5 Å². The molecular weight excluding hydrogens is 279 g/mol. The Morgan fingerprint density at radius 3 is 2.67 bits per heavy atom. The molecule has 1 atom stereocenters. The van der Waals surface area contributed by atoms with Crippen LogP contribution in [0.15, 0.2) is 23.1 Å². The number of nitrogen functional groups attached to an aromatic ring is 1. The molecule has 3 N–H and O–H groups in total. The highest BCUT2D eigenvalue weighted by atomic mass is 32.2. The van der Waals surface area contributed by atoms with Gasteiger partial charge in [0.05, 0.1) is 5.69 Å². The summed E-state index contributed by atoms with van der Waals surface area (Å²) in [6.07, 6.45) is 2.01. The Hall–Kier alpha value is -0.990. The Morgan fingerprint density at radius 1 is 1.44 bits per heavy atom. The van der Waals surface area contributed by atoms with Crippen molar-refractivity contribution in [3.63, 3.8) is 0 Å². The summed E-state index contributed by atoms with van der Waals surface area (Å²) in [4.78, 5) is -0.151. The summed E-state index contributed by atoms with van der Waals surface area (Å²) in [5, 5.41) is 0. The molecule has 0 aliphatic rings. The fourth-order valence-electron chi connectivity index (χ4n) is 1.32. The molecule has 0 spiro atoms. The molecule has 1 rings (SSSR count). The molecule has 5 nitrogen and oxygen atoms in total. The van der Waals surface area contributed by atoms with Gasteiger partial charge in [0, 0.05) is 29.4 Å². The fourth-order valence-corrected chi connectivity index (χ4v) is 3.06. The number of benzene rings is 1. The number of sulfonamides is 1. The maximum absolute atomic E-state index is 12.8. The van der Waals surface area contributed by atoms with E-state index in [1.807, 2.05) is 0 Å². The first kappa shape index (κ1) is 15.1. The van der Waals surface area contributed by atoms with E-state index < -0.39 is 26.6 Å². The van der Waals surface area contributed by atoms with Crippen molar-refractivity contribution in [3.8, 4) is 0 Å². The highest BCUT2D eigenvalue weighted by Crippen LogP contribution is 2.18. The van der Waals surface area contributed by atoms with Gasteiger partial charge in [-0.2, -0.15) is 0 Å². The van der Waals surface area contributed by atoms with Gasteiger partial charge in [0.1, 0.15) is 10.7 Å². The monoisotopic (exact) mass is 294 g/mol. The molecule has 0 aliphatic heterocycles. The van der Waals surface area contributed by atoms with Crippen LogP contribution >= 0.6 is 0 Å². The molecular formula is C10H15FN2O3S2. The summed E-state index contributed by atoms with van der Waals surface area (Å²) >= 11 is 0. The topological polar surface area (TPSA) is 89.3 Å². The van der Waals surface area contributed by atoms with Crippen molar-refractivity contribution < 1.29 is 17.0 Å². The van der Waals surface area contributed by atoms with Crippen molar-refractivity contribution in [2.45, 2.75) is 11.3 Å². The van der Waals surface area contributed by atoms with E-state index in [-0.39, 0.29) is 17.1 Å². The van der Waals surface area contributed by atoms with E-state index in [0.29, 0.717) is 12.2 Å². The minimum absolute atomic E-state index is 0.137. The first-order chi connectivity index (χ1) is 8.33. The van der Waals surface area contributed by atoms with Crippen LogP contribution in [-0.4, -0.2) is 31.2 Å². The molecule has 0 amide bonds. The second-order valence-electron chi connectivity index (χ2n) is 3.71. The minimum Gasteiger partial charge on any atom is -0.398 e. The molecule has 0 aromatic heterocycles. The Kier molecular flexibility index (Phi) is 5.24. The van der Waals surface area contributed by atoms with Gasteiger partial charge in [0.25, 0.3) is 0 Å².